The first-order chi connectivity index (χ1) is 9.20. The van der Waals surface area contributed by atoms with Crippen LogP contribution in [-0.4, -0.2) is 6.54 Å². The fourth-order valence-corrected chi connectivity index (χ4v) is 2.90. The molecule has 0 saturated heterocycles. The van der Waals surface area contributed by atoms with Gasteiger partial charge in [0.2, 0.25) is 0 Å². The predicted octanol–water partition coefficient (Wildman–Crippen LogP) is 4.48. The number of anilines is 1. The molecule has 1 N–H and O–H groups in total. The van der Waals surface area contributed by atoms with Crippen molar-refractivity contribution in [3.8, 4) is 0 Å². The van der Waals surface area contributed by atoms with Crippen LogP contribution in [0.2, 0.25) is 5.02 Å². The van der Waals surface area contributed by atoms with Gasteiger partial charge in [-0.05, 0) is 48.9 Å². The van der Waals surface area contributed by atoms with E-state index in [1.54, 1.807) is 0 Å². The number of rotatable bonds is 2. The molecule has 0 fully saturated rings. The molecule has 0 spiro atoms. The number of aryl methyl sites for hydroxylation is 1. The van der Waals surface area contributed by atoms with E-state index in [1.165, 1.54) is 22.4 Å². The first-order valence-corrected chi connectivity index (χ1v) is 7.16. The summed E-state index contributed by atoms with van der Waals surface area (Å²) in [6, 6.07) is 15.0. The highest BCUT2D eigenvalue weighted by atomic mass is 35.5. The Morgan fingerprint density at radius 1 is 1.16 bits per heavy atom. The van der Waals surface area contributed by atoms with Gasteiger partial charge in [-0.2, -0.15) is 0 Å². The van der Waals surface area contributed by atoms with Crippen molar-refractivity contribution in [2.75, 3.05) is 11.9 Å². The summed E-state index contributed by atoms with van der Waals surface area (Å²) in [5.74, 6) is 0.663. The highest BCUT2D eigenvalue weighted by molar-refractivity contribution is 6.30. The minimum Gasteiger partial charge on any atom is -0.384 e. The lowest BCUT2D eigenvalue weighted by molar-refractivity contribution is 0.535. The maximum Gasteiger partial charge on any atom is 0.0426 e. The molecule has 1 nitrogen and oxygen atoms in total. The molecule has 98 valence electrons. The van der Waals surface area contributed by atoms with E-state index in [4.69, 9.17) is 11.6 Å². The van der Waals surface area contributed by atoms with E-state index >= 15 is 0 Å². The van der Waals surface area contributed by atoms with E-state index in [-0.39, 0.29) is 0 Å². The normalized spacial score (nSPS) is 17.7. The number of hydrogen-bond acceptors (Lipinski definition) is 1. The summed E-state index contributed by atoms with van der Waals surface area (Å²) in [5.41, 5.74) is 5.33. The summed E-state index contributed by atoms with van der Waals surface area (Å²) in [5, 5.41) is 4.31. The summed E-state index contributed by atoms with van der Waals surface area (Å²) in [7, 11) is 0. The molecule has 0 amide bonds. The molecule has 1 heterocycles. The van der Waals surface area contributed by atoms with Crippen LogP contribution in [0, 0.1) is 12.8 Å². The second-order valence-electron chi connectivity index (χ2n) is 5.44. The Bertz CT molecular complexity index is 574. The first kappa shape index (κ1) is 12.6. The number of hydrogen-bond donors (Lipinski definition) is 1. The Morgan fingerprint density at radius 3 is 2.74 bits per heavy atom. The van der Waals surface area contributed by atoms with Crippen LogP contribution >= 0.6 is 11.6 Å². The standard InChI is InChI=1S/C17H18ClN/c1-12-2-4-13(5-3-12)8-14-9-15-6-7-16(18)10-17(15)19-11-14/h2-7,10,14,19H,8-9,11H2,1H3. The van der Waals surface area contributed by atoms with Crippen molar-refractivity contribution < 1.29 is 0 Å². The van der Waals surface area contributed by atoms with E-state index < -0.39 is 0 Å². The van der Waals surface area contributed by atoms with Crippen LogP contribution in [-0.2, 0) is 12.8 Å². The number of benzene rings is 2. The maximum absolute atomic E-state index is 6.02. The molecule has 3 rings (SSSR count). The molecular weight excluding hydrogens is 254 g/mol. The van der Waals surface area contributed by atoms with E-state index in [0.717, 1.165) is 24.4 Å². The molecule has 2 aromatic rings. The average Bonchev–Trinajstić information content (AvgIpc) is 2.42. The SMILES string of the molecule is Cc1ccc(CC2CNc3cc(Cl)ccc3C2)cc1. The summed E-state index contributed by atoms with van der Waals surface area (Å²) in [6.07, 6.45) is 2.27. The molecule has 0 radical (unpaired) electrons. The van der Waals surface area contributed by atoms with Crippen molar-refractivity contribution in [2.24, 2.45) is 5.92 Å². The fraction of sp³-hybridized carbons (Fsp3) is 0.294. The molecule has 2 aromatic carbocycles. The second-order valence-corrected chi connectivity index (χ2v) is 5.88. The molecule has 0 aromatic heterocycles. The largest absolute Gasteiger partial charge is 0.384 e. The predicted molar refractivity (Wildman–Crippen MR) is 82.0 cm³/mol. The quantitative estimate of drug-likeness (QED) is 0.849. The van der Waals surface area contributed by atoms with Gasteiger partial charge in [0.05, 0.1) is 0 Å². The number of nitrogens with one attached hydrogen (secondary N) is 1. The zero-order valence-corrected chi connectivity index (χ0v) is 11.9. The second kappa shape index (κ2) is 5.26. The molecular formula is C17H18ClN. The van der Waals surface area contributed by atoms with Crippen LogP contribution in [0.15, 0.2) is 42.5 Å². The Kier molecular flexibility index (Phi) is 3.48. The topological polar surface area (TPSA) is 12.0 Å². The van der Waals surface area contributed by atoms with Crippen LogP contribution in [0.25, 0.3) is 0 Å². The van der Waals surface area contributed by atoms with Gasteiger partial charge in [0.15, 0.2) is 0 Å². The van der Waals surface area contributed by atoms with Crippen LogP contribution in [0.3, 0.4) is 0 Å². The van der Waals surface area contributed by atoms with Gasteiger partial charge in [-0.25, -0.2) is 0 Å². The lowest BCUT2D eigenvalue weighted by Crippen LogP contribution is -2.24. The van der Waals surface area contributed by atoms with Crippen molar-refractivity contribution >= 4 is 17.3 Å². The third-order valence-electron chi connectivity index (χ3n) is 3.81. The van der Waals surface area contributed by atoms with E-state index in [0.29, 0.717) is 5.92 Å². The van der Waals surface area contributed by atoms with Crippen molar-refractivity contribution in [1.82, 2.24) is 0 Å². The van der Waals surface area contributed by atoms with E-state index in [9.17, 15) is 0 Å². The maximum atomic E-state index is 6.02. The summed E-state index contributed by atoms with van der Waals surface area (Å²) < 4.78 is 0. The van der Waals surface area contributed by atoms with Crippen LogP contribution in [0.5, 0.6) is 0 Å². The Hall–Kier alpha value is -1.47. The van der Waals surface area contributed by atoms with Gasteiger partial charge in [0, 0.05) is 17.3 Å². The van der Waals surface area contributed by atoms with Gasteiger partial charge < -0.3 is 5.32 Å². The van der Waals surface area contributed by atoms with Gasteiger partial charge in [-0.3, -0.25) is 0 Å². The molecule has 19 heavy (non-hydrogen) atoms. The fourth-order valence-electron chi connectivity index (χ4n) is 2.73. The molecule has 0 bridgehead atoms. The van der Waals surface area contributed by atoms with Crippen molar-refractivity contribution in [3.05, 3.63) is 64.2 Å². The minimum absolute atomic E-state index is 0.663. The zero-order valence-electron chi connectivity index (χ0n) is 11.1. The van der Waals surface area contributed by atoms with Gasteiger partial charge in [-0.1, -0.05) is 47.5 Å². The van der Waals surface area contributed by atoms with Crippen molar-refractivity contribution in [3.63, 3.8) is 0 Å². The van der Waals surface area contributed by atoms with E-state index in [1.807, 2.05) is 12.1 Å². The van der Waals surface area contributed by atoms with Gasteiger partial charge in [0.1, 0.15) is 0 Å². The third kappa shape index (κ3) is 2.93. The Balaban J connectivity index is 1.72. The minimum atomic E-state index is 0.663. The number of halogens is 1. The lowest BCUT2D eigenvalue weighted by atomic mass is 9.89. The van der Waals surface area contributed by atoms with Gasteiger partial charge in [0.25, 0.3) is 0 Å². The zero-order chi connectivity index (χ0) is 13.2. The van der Waals surface area contributed by atoms with Crippen molar-refractivity contribution in [1.29, 1.82) is 0 Å². The van der Waals surface area contributed by atoms with Crippen LogP contribution in [0.1, 0.15) is 16.7 Å². The highest BCUT2D eigenvalue weighted by Crippen LogP contribution is 2.29. The molecule has 0 aliphatic carbocycles. The smallest absolute Gasteiger partial charge is 0.0426 e. The van der Waals surface area contributed by atoms with Crippen molar-refractivity contribution in [2.45, 2.75) is 19.8 Å². The molecule has 1 aliphatic heterocycles. The first-order valence-electron chi connectivity index (χ1n) is 6.78. The van der Waals surface area contributed by atoms with Gasteiger partial charge >= 0.3 is 0 Å². The molecule has 1 aliphatic rings. The van der Waals surface area contributed by atoms with Crippen LogP contribution < -0.4 is 5.32 Å². The Labute approximate surface area is 119 Å². The highest BCUT2D eigenvalue weighted by Gasteiger charge is 2.18. The molecule has 1 atom stereocenters. The monoisotopic (exact) mass is 271 g/mol. The summed E-state index contributed by atoms with van der Waals surface area (Å²) >= 11 is 6.02. The lowest BCUT2D eigenvalue weighted by Gasteiger charge is -2.26. The van der Waals surface area contributed by atoms with E-state index in [2.05, 4.69) is 42.6 Å². The van der Waals surface area contributed by atoms with Gasteiger partial charge in [-0.15, -0.1) is 0 Å². The van der Waals surface area contributed by atoms with Crippen LogP contribution in [0.4, 0.5) is 5.69 Å². The number of fused-ring (bicyclic) bond motifs is 1. The molecule has 0 saturated carbocycles. The molecule has 1 unspecified atom stereocenters. The summed E-state index contributed by atoms with van der Waals surface area (Å²) in [6.45, 7) is 3.16. The molecule has 2 heteroatoms. The Morgan fingerprint density at radius 2 is 1.95 bits per heavy atom. The average molecular weight is 272 g/mol. The third-order valence-corrected chi connectivity index (χ3v) is 4.04. The summed E-state index contributed by atoms with van der Waals surface area (Å²) in [4.78, 5) is 0.